The third-order valence-corrected chi connectivity index (χ3v) is 9.61. The van der Waals surface area contributed by atoms with Crippen LogP contribution in [0.15, 0.2) is 24.3 Å². The van der Waals surface area contributed by atoms with Crippen molar-refractivity contribution < 1.29 is 32.8 Å². The number of esters is 1. The molecule has 0 aromatic rings. The van der Waals surface area contributed by atoms with Gasteiger partial charge in [-0.2, -0.15) is 0 Å². The molecule has 0 amide bonds. The largest absolute Gasteiger partial charge is 0.472 e. The van der Waals surface area contributed by atoms with Gasteiger partial charge in [0.15, 0.2) is 0 Å². The monoisotopic (exact) mass is 716 g/mol. The van der Waals surface area contributed by atoms with E-state index < -0.39 is 13.9 Å². The van der Waals surface area contributed by atoms with Crippen molar-refractivity contribution in [3.8, 4) is 0 Å². The van der Waals surface area contributed by atoms with Crippen LogP contribution < -0.4 is 5.73 Å². The van der Waals surface area contributed by atoms with Gasteiger partial charge in [-0.05, 0) is 44.9 Å². The Kier molecular flexibility index (Phi) is 37.4. The smallest absolute Gasteiger partial charge is 0.457 e. The third-order valence-electron chi connectivity index (χ3n) is 8.62. The highest BCUT2D eigenvalue weighted by molar-refractivity contribution is 7.47. The Morgan fingerprint density at radius 2 is 1.08 bits per heavy atom. The molecule has 3 N–H and O–H groups in total. The molecule has 0 saturated heterocycles. The van der Waals surface area contributed by atoms with Crippen molar-refractivity contribution in [3.05, 3.63) is 24.3 Å². The van der Waals surface area contributed by atoms with Gasteiger partial charge in [-0.25, -0.2) is 4.57 Å². The van der Waals surface area contributed by atoms with Crippen LogP contribution in [0.1, 0.15) is 187 Å². The number of hydrogen-bond acceptors (Lipinski definition) is 7. The molecule has 0 aliphatic rings. The summed E-state index contributed by atoms with van der Waals surface area (Å²) < 4.78 is 33.3. The molecule has 2 unspecified atom stereocenters. The van der Waals surface area contributed by atoms with Crippen molar-refractivity contribution in [1.29, 1.82) is 0 Å². The van der Waals surface area contributed by atoms with Crippen molar-refractivity contribution in [2.24, 2.45) is 5.73 Å². The van der Waals surface area contributed by atoms with E-state index in [1.54, 1.807) is 0 Å². The fraction of sp³-hybridized carbons (Fsp3) is 0.875. The quantitative estimate of drug-likeness (QED) is 0.0279. The fourth-order valence-corrected chi connectivity index (χ4v) is 6.38. The molecule has 8 nitrogen and oxygen atoms in total. The Labute approximate surface area is 302 Å². The van der Waals surface area contributed by atoms with Crippen molar-refractivity contribution in [2.75, 3.05) is 33.0 Å². The molecule has 0 fully saturated rings. The van der Waals surface area contributed by atoms with Crippen molar-refractivity contribution >= 4 is 13.8 Å². The Hall–Kier alpha value is -1.02. The van der Waals surface area contributed by atoms with Gasteiger partial charge >= 0.3 is 13.8 Å². The lowest BCUT2D eigenvalue weighted by Crippen LogP contribution is -2.28. The molecule has 9 heteroatoms. The molecule has 0 aliphatic carbocycles. The number of rotatable bonds is 39. The first-order valence-corrected chi connectivity index (χ1v) is 21.8. The number of allylic oxidation sites excluding steroid dienone is 4. The molecule has 0 aliphatic heterocycles. The van der Waals surface area contributed by atoms with Crippen LogP contribution in [-0.4, -0.2) is 49.9 Å². The first-order chi connectivity index (χ1) is 23.9. The van der Waals surface area contributed by atoms with Gasteiger partial charge in [0.25, 0.3) is 0 Å². The van der Waals surface area contributed by atoms with Crippen molar-refractivity contribution in [3.63, 3.8) is 0 Å². The van der Waals surface area contributed by atoms with Gasteiger partial charge in [0.2, 0.25) is 0 Å². The van der Waals surface area contributed by atoms with E-state index in [1.807, 2.05) is 0 Å². The maximum absolute atomic E-state index is 12.5. The zero-order chi connectivity index (χ0) is 35.9. The van der Waals surface area contributed by atoms with Crippen molar-refractivity contribution in [1.82, 2.24) is 0 Å². The normalized spacial score (nSPS) is 13.8. The second kappa shape index (κ2) is 38.2. The van der Waals surface area contributed by atoms with Crippen LogP contribution in [0.3, 0.4) is 0 Å². The van der Waals surface area contributed by atoms with Gasteiger partial charge in [-0.1, -0.05) is 160 Å². The second-order valence-electron chi connectivity index (χ2n) is 13.5. The summed E-state index contributed by atoms with van der Waals surface area (Å²) in [5.74, 6) is -0.337. The molecule has 0 aromatic heterocycles. The van der Waals surface area contributed by atoms with Crippen LogP contribution in [0.2, 0.25) is 0 Å². The van der Waals surface area contributed by atoms with Crippen LogP contribution in [-0.2, 0) is 27.9 Å². The Morgan fingerprint density at radius 1 is 0.612 bits per heavy atom. The van der Waals surface area contributed by atoms with E-state index in [0.29, 0.717) is 13.0 Å². The average molecular weight is 716 g/mol. The van der Waals surface area contributed by atoms with Crippen LogP contribution in [0, 0.1) is 0 Å². The molecular weight excluding hydrogens is 637 g/mol. The summed E-state index contributed by atoms with van der Waals surface area (Å²) in [5, 5.41) is 0. The standard InChI is InChI=1S/C40H78NO7P/c1-3-5-7-9-11-13-15-17-18-19-20-21-23-25-27-29-31-33-40(42)48-39(38-47-49(43,44)46-36-34-41)37-45-35-32-30-28-26-24-22-16-14-12-10-8-6-4-2/h11,13,17-18,39H,3-10,12,14-16,19-38,41H2,1-2H3,(H,43,44)/b13-11-,18-17-. The fourth-order valence-electron chi connectivity index (χ4n) is 5.61. The highest BCUT2D eigenvalue weighted by atomic mass is 31.2. The molecule has 0 heterocycles. The summed E-state index contributed by atoms with van der Waals surface area (Å²) in [6.07, 6.45) is 40.4. The van der Waals surface area contributed by atoms with Gasteiger partial charge in [-0.3, -0.25) is 13.8 Å². The Morgan fingerprint density at radius 3 is 1.63 bits per heavy atom. The minimum atomic E-state index is -4.27. The van der Waals surface area contributed by atoms with Gasteiger partial charge in [-0.15, -0.1) is 0 Å². The summed E-state index contributed by atoms with van der Waals surface area (Å²) in [6, 6.07) is 0. The molecule has 2 atom stereocenters. The lowest BCUT2D eigenvalue weighted by molar-refractivity contribution is -0.154. The molecule has 0 spiro atoms. The first kappa shape index (κ1) is 48.0. The summed E-state index contributed by atoms with van der Waals surface area (Å²) in [7, 11) is -4.27. The molecule has 0 saturated carbocycles. The molecule has 0 radical (unpaired) electrons. The first-order valence-electron chi connectivity index (χ1n) is 20.3. The number of carbonyl (C=O) groups is 1. The number of unbranched alkanes of at least 4 members (excludes halogenated alkanes) is 22. The zero-order valence-electron chi connectivity index (χ0n) is 31.9. The number of hydrogen-bond donors (Lipinski definition) is 2. The predicted octanol–water partition coefficient (Wildman–Crippen LogP) is 11.7. The topological polar surface area (TPSA) is 117 Å². The van der Waals surface area contributed by atoms with Crippen LogP contribution in [0.4, 0.5) is 0 Å². The summed E-state index contributed by atoms with van der Waals surface area (Å²) >= 11 is 0. The maximum Gasteiger partial charge on any atom is 0.472 e. The molecule has 49 heavy (non-hydrogen) atoms. The Bertz CT molecular complexity index is 807. The number of phosphoric ester groups is 1. The van der Waals surface area contributed by atoms with Gasteiger partial charge < -0.3 is 20.1 Å². The summed E-state index contributed by atoms with van der Waals surface area (Å²) in [5.41, 5.74) is 5.36. The molecule has 0 aromatic carbocycles. The van der Waals surface area contributed by atoms with E-state index >= 15 is 0 Å². The molecular formula is C40H78NO7P. The van der Waals surface area contributed by atoms with E-state index in [2.05, 4.69) is 38.2 Å². The summed E-state index contributed by atoms with van der Waals surface area (Å²) in [6.45, 7) is 4.91. The van der Waals surface area contributed by atoms with Crippen molar-refractivity contribution in [2.45, 2.75) is 193 Å². The zero-order valence-corrected chi connectivity index (χ0v) is 32.8. The molecule has 290 valence electrons. The van der Waals surface area contributed by atoms with E-state index in [0.717, 1.165) is 44.9 Å². The highest BCUT2D eigenvalue weighted by Crippen LogP contribution is 2.43. The lowest BCUT2D eigenvalue weighted by Gasteiger charge is -2.20. The van der Waals surface area contributed by atoms with E-state index in [-0.39, 0.29) is 32.3 Å². The number of nitrogens with two attached hydrogens (primary N) is 1. The van der Waals surface area contributed by atoms with E-state index in [4.69, 9.17) is 24.3 Å². The lowest BCUT2D eigenvalue weighted by atomic mass is 10.0. The SMILES string of the molecule is CCCCC/C=C\C/C=C\CCCCCCCCCC(=O)OC(COCCCCCCCCCCCCCCC)COP(=O)(O)OCCN. The highest BCUT2D eigenvalue weighted by Gasteiger charge is 2.25. The predicted molar refractivity (Wildman–Crippen MR) is 206 cm³/mol. The van der Waals surface area contributed by atoms with Crippen LogP contribution in [0.5, 0.6) is 0 Å². The maximum atomic E-state index is 12.5. The molecule has 0 bridgehead atoms. The third kappa shape index (κ3) is 38.1. The van der Waals surface area contributed by atoms with E-state index in [1.165, 1.54) is 122 Å². The average Bonchev–Trinajstić information content (AvgIpc) is 3.09. The second-order valence-corrected chi connectivity index (χ2v) is 15.0. The van der Waals surface area contributed by atoms with E-state index in [9.17, 15) is 14.3 Å². The van der Waals surface area contributed by atoms with Gasteiger partial charge in [0.1, 0.15) is 6.10 Å². The van der Waals surface area contributed by atoms with Gasteiger partial charge in [0.05, 0.1) is 19.8 Å². The minimum absolute atomic E-state index is 0.0953. The number of ether oxygens (including phenoxy) is 2. The molecule has 0 rings (SSSR count). The van der Waals surface area contributed by atoms with Gasteiger partial charge in [0, 0.05) is 19.6 Å². The van der Waals surface area contributed by atoms with Crippen LogP contribution in [0.25, 0.3) is 0 Å². The van der Waals surface area contributed by atoms with Crippen LogP contribution >= 0.6 is 7.82 Å². The number of phosphoric acid groups is 1. The minimum Gasteiger partial charge on any atom is -0.457 e. The Balaban J connectivity index is 4.06. The number of carbonyl (C=O) groups excluding carboxylic acids is 1. The summed E-state index contributed by atoms with van der Waals surface area (Å²) in [4.78, 5) is 22.4.